The first-order valence-corrected chi connectivity index (χ1v) is 5.08. The number of rotatable bonds is 2. The van der Waals surface area contributed by atoms with Crippen LogP contribution in [0.15, 0.2) is 36.2 Å². The largest absolute Gasteiger partial charge is 0.360 e. The molecule has 0 radical (unpaired) electrons. The van der Waals surface area contributed by atoms with Crippen molar-refractivity contribution in [3.8, 4) is 0 Å². The minimum atomic E-state index is -0.120. The second kappa shape index (κ2) is 4.18. The number of hydrogen-bond donors (Lipinski definition) is 2. The van der Waals surface area contributed by atoms with E-state index in [1.165, 1.54) is 0 Å². The predicted molar refractivity (Wildman–Crippen MR) is 64.2 cm³/mol. The summed E-state index contributed by atoms with van der Waals surface area (Å²) in [6, 6.07) is 3.78. The van der Waals surface area contributed by atoms with Crippen LogP contribution in [0.5, 0.6) is 0 Å². The Morgan fingerprint density at radius 3 is 3.12 bits per heavy atom. The molecule has 0 aliphatic rings. The van der Waals surface area contributed by atoms with Crippen molar-refractivity contribution in [3.05, 3.63) is 36.2 Å². The van der Waals surface area contributed by atoms with Crippen LogP contribution >= 0.6 is 0 Å². The van der Waals surface area contributed by atoms with Crippen molar-refractivity contribution in [2.45, 2.75) is 13.8 Å². The van der Waals surface area contributed by atoms with Crippen molar-refractivity contribution < 1.29 is 4.79 Å². The molecule has 2 aromatic heterocycles. The summed E-state index contributed by atoms with van der Waals surface area (Å²) >= 11 is 0. The summed E-state index contributed by atoms with van der Waals surface area (Å²) in [7, 11) is 0. The van der Waals surface area contributed by atoms with Gasteiger partial charge in [-0.1, -0.05) is 6.08 Å². The highest BCUT2D eigenvalue weighted by Crippen LogP contribution is 2.15. The lowest BCUT2D eigenvalue weighted by Crippen LogP contribution is -2.13. The maximum absolute atomic E-state index is 11.6. The number of aromatic amines is 1. The quantitative estimate of drug-likeness (QED) is 0.756. The molecule has 82 valence electrons. The van der Waals surface area contributed by atoms with Gasteiger partial charge in [-0.2, -0.15) is 0 Å². The van der Waals surface area contributed by atoms with E-state index in [1.807, 2.05) is 25.3 Å². The van der Waals surface area contributed by atoms with E-state index in [4.69, 9.17) is 0 Å². The van der Waals surface area contributed by atoms with Crippen LogP contribution in [-0.2, 0) is 4.79 Å². The molecule has 0 unspecified atom stereocenters. The third-order valence-electron chi connectivity index (χ3n) is 2.47. The van der Waals surface area contributed by atoms with Gasteiger partial charge in [0.05, 0.1) is 11.7 Å². The number of nitrogens with one attached hydrogen (secondary N) is 2. The molecule has 4 nitrogen and oxygen atoms in total. The third-order valence-corrected chi connectivity index (χ3v) is 2.47. The number of allylic oxidation sites excluding steroid dienone is 1. The maximum Gasteiger partial charge on any atom is 0.252 e. The molecule has 2 rings (SSSR count). The summed E-state index contributed by atoms with van der Waals surface area (Å²) in [4.78, 5) is 18.8. The van der Waals surface area contributed by atoms with E-state index in [9.17, 15) is 4.79 Å². The number of amides is 1. The Hall–Kier alpha value is -2.10. The summed E-state index contributed by atoms with van der Waals surface area (Å²) in [5, 5.41) is 3.77. The number of aromatic nitrogens is 2. The molecule has 2 aromatic rings. The van der Waals surface area contributed by atoms with Crippen LogP contribution in [0.4, 0.5) is 5.82 Å². The molecule has 0 aliphatic carbocycles. The van der Waals surface area contributed by atoms with Crippen LogP contribution in [-0.4, -0.2) is 15.9 Å². The first-order chi connectivity index (χ1) is 7.70. The Kier molecular flexibility index (Phi) is 2.72. The summed E-state index contributed by atoms with van der Waals surface area (Å²) in [5.41, 5.74) is 1.64. The predicted octanol–water partition coefficient (Wildman–Crippen LogP) is 2.47. The number of hydrogen-bond acceptors (Lipinski definition) is 2. The van der Waals surface area contributed by atoms with Crippen LogP contribution in [0.25, 0.3) is 10.9 Å². The minimum absolute atomic E-state index is 0.120. The van der Waals surface area contributed by atoms with Gasteiger partial charge >= 0.3 is 0 Å². The molecule has 0 fully saturated rings. The molecule has 0 saturated carbocycles. The lowest BCUT2D eigenvalue weighted by Gasteiger charge is -2.03. The Morgan fingerprint density at radius 1 is 1.56 bits per heavy atom. The van der Waals surface area contributed by atoms with Crippen LogP contribution < -0.4 is 5.32 Å². The van der Waals surface area contributed by atoms with Crippen LogP contribution in [0, 0.1) is 0 Å². The molecule has 16 heavy (non-hydrogen) atoms. The number of carbonyl (C=O) groups is 1. The number of pyridine rings is 1. The highest BCUT2D eigenvalue weighted by molar-refractivity contribution is 6.03. The molecule has 2 heterocycles. The zero-order valence-electron chi connectivity index (χ0n) is 9.24. The zero-order valence-corrected chi connectivity index (χ0v) is 9.24. The van der Waals surface area contributed by atoms with Crippen LogP contribution in [0.1, 0.15) is 13.8 Å². The van der Waals surface area contributed by atoms with Crippen LogP contribution in [0.2, 0.25) is 0 Å². The summed E-state index contributed by atoms with van der Waals surface area (Å²) in [6.07, 6.45) is 5.31. The fourth-order valence-electron chi connectivity index (χ4n) is 1.37. The standard InChI is InChI=1S/C12H13N3O/c1-3-8(2)12(16)15-11-6-9-4-5-13-10(9)7-14-11/h3-7,13H,1-2H3,(H,14,15,16)/b8-3+. The van der Waals surface area contributed by atoms with E-state index in [0.717, 1.165) is 10.9 Å². The summed E-state index contributed by atoms with van der Waals surface area (Å²) in [6.45, 7) is 3.60. The Balaban J connectivity index is 2.24. The van der Waals surface area contributed by atoms with E-state index in [2.05, 4.69) is 15.3 Å². The Labute approximate surface area is 93.4 Å². The van der Waals surface area contributed by atoms with Crippen LogP contribution in [0.3, 0.4) is 0 Å². The third kappa shape index (κ3) is 1.95. The lowest BCUT2D eigenvalue weighted by molar-refractivity contribution is -0.112. The molecule has 0 saturated heterocycles. The number of fused-ring (bicyclic) bond motifs is 1. The second-order valence-electron chi connectivity index (χ2n) is 3.56. The average Bonchev–Trinajstić information content (AvgIpc) is 2.75. The van der Waals surface area contributed by atoms with E-state index in [-0.39, 0.29) is 5.91 Å². The van der Waals surface area contributed by atoms with Crippen molar-refractivity contribution in [1.82, 2.24) is 9.97 Å². The molecular weight excluding hydrogens is 202 g/mol. The van der Waals surface area contributed by atoms with Gasteiger partial charge in [0.25, 0.3) is 5.91 Å². The monoisotopic (exact) mass is 215 g/mol. The highest BCUT2D eigenvalue weighted by Gasteiger charge is 2.05. The zero-order chi connectivity index (χ0) is 11.5. The summed E-state index contributed by atoms with van der Waals surface area (Å²) in [5.74, 6) is 0.447. The van der Waals surface area contributed by atoms with Gasteiger partial charge in [0.1, 0.15) is 5.82 Å². The molecular formula is C12H13N3O. The number of carbonyl (C=O) groups excluding carboxylic acids is 1. The van der Waals surface area contributed by atoms with E-state index < -0.39 is 0 Å². The van der Waals surface area contributed by atoms with Crippen molar-refractivity contribution in [3.63, 3.8) is 0 Å². The van der Waals surface area contributed by atoms with Crippen molar-refractivity contribution in [2.24, 2.45) is 0 Å². The van der Waals surface area contributed by atoms with Gasteiger partial charge in [-0.25, -0.2) is 4.98 Å². The molecule has 0 aliphatic heterocycles. The topological polar surface area (TPSA) is 57.8 Å². The fraction of sp³-hybridized carbons (Fsp3) is 0.167. The van der Waals surface area contributed by atoms with E-state index >= 15 is 0 Å². The normalized spacial score (nSPS) is 11.8. The molecule has 0 bridgehead atoms. The maximum atomic E-state index is 11.6. The van der Waals surface area contributed by atoms with E-state index in [1.54, 1.807) is 19.2 Å². The van der Waals surface area contributed by atoms with Crippen molar-refractivity contribution in [1.29, 1.82) is 0 Å². The SMILES string of the molecule is C/C=C(\C)C(=O)Nc1cc2cc[nH]c2cn1. The molecule has 0 atom stereocenters. The molecule has 0 aromatic carbocycles. The van der Waals surface area contributed by atoms with Crippen molar-refractivity contribution >= 4 is 22.6 Å². The average molecular weight is 215 g/mol. The van der Waals surface area contributed by atoms with E-state index in [0.29, 0.717) is 11.4 Å². The smallest absolute Gasteiger partial charge is 0.252 e. The molecule has 0 spiro atoms. The Bertz CT molecular complexity index is 554. The van der Waals surface area contributed by atoms with Gasteiger partial charge in [0, 0.05) is 17.2 Å². The minimum Gasteiger partial charge on any atom is -0.360 e. The fourth-order valence-corrected chi connectivity index (χ4v) is 1.37. The molecule has 2 N–H and O–H groups in total. The number of anilines is 1. The van der Waals surface area contributed by atoms with Gasteiger partial charge in [-0.05, 0) is 26.0 Å². The van der Waals surface area contributed by atoms with Gasteiger partial charge in [0.15, 0.2) is 0 Å². The molecule has 1 amide bonds. The highest BCUT2D eigenvalue weighted by atomic mass is 16.1. The van der Waals surface area contributed by atoms with Crippen molar-refractivity contribution in [2.75, 3.05) is 5.32 Å². The van der Waals surface area contributed by atoms with Gasteiger partial charge in [-0.15, -0.1) is 0 Å². The summed E-state index contributed by atoms with van der Waals surface area (Å²) < 4.78 is 0. The van der Waals surface area contributed by atoms with Gasteiger partial charge in [-0.3, -0.25) is 4.79 Å². The number of nitrogens with zero attached hydrogens (tertiary/aromatic N) is 1. The Morgan fingerprint density at radius 2 is 2.38 bits per heavy atom. The van der Waals surface area contributed by atoms with Gasteiger partial charge < -0.3 is 10.3 Å². The lowest BCUT2D eigenvalue weighted by atomic mass is 10.2. The van der Waals surface area contributed by atoms with Gasteiger partial charge in [0.2, 0.25) is 0 Å². The molecule has 4 heteroatoms. The number of H-pyrrole nitrogens is 1. The first-order valence-electron chi connectivity index (χ1n) is 5.08. The second-order valence-corrected chi connectivity index (χ2v) is 3.56. The first kappa shape index (κ1) is 10.4.